The summed E-state index contributed by atoms with van der Waals surface area (Å²) in [5.41, 5.74) is 2.87. The predicted octanol–water partition coefficient (Wildman–Crippen LogP) is 4.59. The first-order chi connectivity index (χ1) is 12.5. The van der Waals surface area contributed by atoms with E-state index in [2.05, 4.69) is 33.5 Å². The molecule has 0 fully saturated rings. The molecule has 2 heterocycles. The van der Waals surface area contributed by atoms with Crippen molar-refractivity contribution in [3.05, 3.63) is 38.2 Å². The Labute approximate surface area is 164 Å². The van der Waals surface area contributed by atoms with E-state index in [0.29, 0.717) is 10.2 Å². The normalized spacial score (nSPS) is 21.4. The van der Waals surface area contributed by atoms with Gasteiger partial charge in [0.05, 0.1) is 17.1 Å². The molecule has 0 saturated heterocycles. The van der Waals surface area contributed by atoms with Gasteiger partial charge >= 0.3 is 0 Å². The number of halogens is 1. The molecule has 1 aromatic heterocycles. The summed E-state index contributed by atoms with van der Waals surface area (Å²) < 4.78 is 5.76. The zero-order chi connectivity index (χ0) is 18.4. The van der Waals surface area contributed by atoms with E-state index in [4.69, 9.17) is 4.74 Å². The Morgan fingerprint density at radius 2 is 2.19 bits per heavy atom. The third-order valence-corrected chi connectivity index (χ3v) is 7.12. The number of hydrogen-bond acceptors (Lipinski definition) is 5. The third-order valence-electron chi connectivity index (χ3n) is 5.33. The number of phenolic OH excluding ortho intramolecular Hbond substituents is 1. The number of ether oxygens (including phenoxy) is 1. The molecule has 2 aromatic rings. The second-order valence-corrected chi connectivity index (χ2v) is 8.79. The molecular weight excluding hydrogens is 416 g/mol. The zero-order valence-electron chi connectivity index (χ0n) is 14.7. The quantitative estimate of drug-likeness (QED) is 0.657. The number of anilines is 1. The smallest absolute Gasteiger partial charge is 0.256 e. The summed E-state index contributed by atoms with van der Waals surface area (Å²) in [6, 6.07) is 3.53. The fraction of sp³-hybridized carbons (Fsp3) is 0.421. The molecule has 0 spiro atoms. The number of fused-ring (bicyclic) bond motifs is 3. The standard InChI is InChI=1S/C19H21BrN2O3S/c1-3-9-4-5-11-14(6-9)26-19-15(11)18(24)21-17(22-19)10-7-12(20)16(23)13(8-10)25-2/h7-9,17,22-23H,3-6H2,1-2H3,(H,21,24). The van der Waals surface area contributed by atoms with Crippen molar-refractivity contribution in [2.24, 2.45) is 5.92 Å². The Morgan fingerprint density at radius 1 is 1.38 bits per heavy atom. The summed E-state index contributed by atoms with van der Waals surface area (Å²) in [5.74, 6) is 1.11. The van der Waals surface area contributed by atoms with Crippen molar-refractivity contribution in [3.63, 3.8) is 0 Å². The highest BCUT2D eigenvalue weighted by molar-refractivity contribution is 9.10. The first-order valence-electron chi connectivity index (χ1n) is 8.80. The van der Waals surface area contributed by atoms with E-state index in [1.54, 1.807) is 23.5 Å². The monoisotopic (exact) mass is 436 g/mol. The van der Waals surface area contributed by atoms with E-state index < -0.39 is 0 Å². The second kappa shape index (κ2) is 6.78. The van der Waals surface area contributed by atoms with Crippen molar-refractivity contribution in [1.29, 1.82) is 0 Å². The molecule has 7 heteroatoms. The molecule has 1 amide bonds. The Balaban J connectivity index is 1.68. The average Bonchev–Trinajstić information content (AvgIpc) is 3.01. The van der Waals surface area contributed by atoms with Crippen molar-refractivity contribution in [2.75, 3.05) is 12.4 Å². The first-order valence-corrected chi connectivity index (χ1v) is 10.4. The maximum atomic E-state index is 12.8. The van der Waals surface area contributed by atoms with Crippen LogP contribution in [-0.4, -0.2) is 18.1 Å². The summed E-state index contributed by atoms with van der Waals surface area (Å²) in [6.07, 6.45) is 4.04. The molecule has 0 radical (unpaired) electrons. The van der Waals surface area contributed by atoms with Gasteiger partial charge in [0.15, 0.2) is 11.5 Å². The molecule has 1 aliphatic heterocycles. The number of rotatable bonds is 3. The number of carbonyl (C=O) groups excluding carboxylic acids is 1. The van der Waals surface area contributed by atoms with Gasteiger partial charge in [-0.25, -0.2) is 0 Å². The van der Waals surface area contributed by atoms with Crippen LogP contribution >= 0.6 is 27.3 Å². The van der Waals surface area contributed by atoms with Gasteiger partial charge in [-0.1, -0.05) is 13.3 Å². The highest BCUT2D eigenvalue weighted by Crippen LogP contribution is 2.44. The van der Waals surface area contributed by atoms with Crippen LogP contribution < -0.4 is 15.4 Å². The number of methoxy groups -OCH3 is 1. The molecule has 1 aromatic carbocycles. The Hall–Kier alpha value is -1.73. The van der Waals surface area contributed by atoms with Gasteiger partial charge in [-0.2, -0.15) is 0 Å². The second-order valence-electron chi connectivity index (χ2n) is 6.83. The summed E-state index contributed by atoms with van der Waals surface area (Å²) in [6.45, 7) is 2.24. The Morgan fingerprint density at radius 3 is 2.92 bits per heavy atom. The third kappa shape index (κ3) is 2.87. The maximum absolute atomic E-state index is 12.8. The SMILES string of the molecule is CCC1CCc2c(sc3c2C(=O)NC(c2cc(Br)c(O)c(OC)c2)N3)C1. The van der Waals surface area contributed by atoms with Crippen molar-refractivity contribution in [3.8, 4) is 11.5 Å². The van der Waals surface area contributed by atoms with Gasteiger partial charge in [-0.15, -0.1) is 11.3 Å². The number of nitrogens with one attached hydrogen (secondary N) is 2. The van der Waals surface area contributed by atoms with Crippen molar-refractivity contribution in [1.82, 2.24) is 5.32 Å². The number of thiophene rings is 1. The molecular formula is C19H21BrN2O3S. The lowest BCUT2D eigenvalue weighted by Gasteiger charge is -2.27. The summed E-state index contributed by atoms with van der Waals surface area (Å²) >= 11 is 5.06. The molecule has 26 heavy (non-hydrogen) atoms. The maximum Gasteiger partial charge on any atom is 0.256 e. The van der Waals surface area contributed by atoms with Gasteiger partial charge in [-0.3, -0.25) is 4.79 Å². The Kier molecular flexibility index (Phi) is 4.61. The van der Waals surface area contributed by atoms with Gasteiger partial charge < -0.3 is 20.5 Å². The minimum absolute atomic E-state index is 0.0284. The summed E-state index contributed by atoms with van der Waals surface area (Å²) in [7, 11) is 1.51. The number of carbonyl (C=O) groups is 1. The van der Waals surface area contributed by atoms with Crippen LogP contribution in [0, 0.1) is 5.92 Å². The van der Waals surface area contributed by atoms with Crippen LogP contribution in [0.2, 0.25) is 0 Å². The average molecular weight is 437 g/mol. The molecule has 4 rings (SSSR count). The lowest BCUT2D eigenvalue weighted by molar-refractivity contribution is 0.0935. The molecule has 0 saturated carbocycles. The number of benzene rings is 1. The van der Waals surface area contributed by atoms with Crippen LogP contribution in [0.4, 0.5) is 5.00 Å². The predicted molar refractivity (Wildman–Crippen MR) is 106 cm³/mol. The number of aromatic hydroxyl groups is 1. The fourth-order valence-corrected chi connectivity index (χ4v) is 5.64. The van der Waals surface area contributed by atoms with Gasteiger partial charge in [-0.05, 0) is 64.4 Å². The topological polar surface area (TPSA) is 70.6 Å². The van der Waals surface area contributed by atoms with Crippen LogP contribution in [0.5, 0.6) is 11.5 Å². The molecule has 0 bridgehead atoms. The van der Waals surface area contributed by atoms with Gasteiger partial charge in [0.25, 0.3) is 5.91 Å². The van der Waals surface area contributed by atoms with E-state index in [-0.39, 0.29) is 17.8 Å². The van der Waals surface area contributed by atoms with Crippen LogP contribution in [0.1, 0.15) is 52.3 Å². The lowest BCUT2D eigenvalue weighted by atomic mass is 9.85. The van der Waals surface area contributed by atoms with Gasteiger partial charge in [0.1, 0.15) is 11.2 Å². The Bertz CT molecular complexity index is 880. The molecule has 3 N–H and O–H groups in total. The molecule has 2 aliphatic rings. The van der Waals surface area contributed by atoms with E-state index in [1.165, 1.54) is 24.0 Å². The van der Waals surface area contributed by atoms with Crippen molar-refractivity contribution < 1.29 is 14.6 Å². The fourth-order valence-electron chi connectivity index (χ4n) is 3.80. The number of amides is 1. The molecule has 1 aliphatic carbocycles. The van der Waals surface area contributed by atoms with Crippen molar-refractivity contribution >= 4 is 38.2 Å². The minimum atomic E-state index is -0.358. The van der Waals surface area contributed by atoms with E-state index in [9.17, 15) is 9.90 Å². The minimum Gasteiger partial charge on any atom is -0.503 e. The largest absolute Gasteiger partial charge is 0.503 e. The highest BCUT2D eigenvalue weighted by Gasteiger charge is 2.33. The molecule has 5 nitrogen and oxygen atoms in total. The summed E-state index contributed by atoms with van der Waals surface area (Å²) in [4.78, 5) is 14.2. The number of phenols is 1. The first kappa shape index (κ1) is 17.7. The van der Waals surface area contributed by atoms with Crippen LogP contribution in [0.3, 0.4) is 0 Å². The van der Waals surface area contributed by atoms with Gasteiger partial charge in [0.2, 0.25) is 0 Å². The summed E-state index contributed by atoms with van der Waals surface area (Å²) in [5, 5.41) is 17.5. The van der Waals surface area contributed by atoms with E-state index >= 15 is 0 Å². The van der Waals surface area contributed by atoms with E-state index in [0.717, 1.165) is 41.3 Å². The molecule has 2 unspecified atom stereocenters. The molecule has 138 valence electrons. The lowest BCUT2D eigenvalue weighted by Crippen LogP contribution is -2.38. The zero-order valence-corrected chi connectivity index (χ0v) is 17.1. The van der Waals surface area contributed by atoms with Crippen LogP contribution in [0.25, 0.3) is 0 Å². The number of hydrogen-bond donors (Lipinski definition) is 3. The molecule has 2 atom stereocenters. The highest BCUT2D eigenvalue weighted by atomic mass is 79.9. The van der Waals surface area contributed by atoms with E-state index in [1.807, 2.05) is 0 Å². The van der Waals surface area contributed by atoms with Gasteiger partial charge in [0, 0.05) is 4.88 Å². The van der Waals surface area contributed by atoms with Crippen molar-refractivity contribution in [2.45, 2.75) is 38.8 Å². The van der Waals surface area contributed by atoms with Crippen LogP contribution in [0.15, 0.2) is 16.6 Å². The van der Waals surface area contributed by atoms with Crippen LogP contribution in [-0.2, 0) is 12.8 Å².